The molecule has 0 amide bonds. The zero-order valence-corrected chi connectivity index (χ0v) is 12.5. The van der Waals surface area contributed by atoms with Crippen molar-refractivity contribution in [3.8, 4) is 0 Å². The Morgan fingerprint density at radius 3 is 2.95 bits per heavy atom. The van der Waals surface area contributed by atoms with E-state index in [1.807, 2.05) is 18.2 Å². The number of halogens is 2. The number of imidazole rings is 1. The van der Waals surface area contributed by atoms with E-state index in [9.17, 15) is 0 Å². The summed E-state index contributed by atoms with van der Waals surface area (Å²) in [5.41, 5.74) is 2.06. The van der Waals surface area contributed by atoms with Crippen LogP contribution in [0.15, 0.2) is 18.2 Å². The summed E-state index contributed by atoms with van der Waals surface area (Å²) in [6, 6.07) is 6.44. The average Bonchev–Trinajstić information content (AvgIpc) is 2.94. The first kappa shape index (κ1) is 13.2. The van der Waals surface area contributed by atoms with Gasteiger partial charge in [0.1, 0.15) is 5.82 Å². The normalized spacial score (nSPS) is 20.5. The van der Waals surface area contributed by atoms with Crippen LogP contribution in [-0.2, 0) is 12.4 Å². The Balaban J connectivity index is 2.00. The fourth-order valence-electron chi connectivity index (χ4n) is 2.88. The molecule has 1 aliphatic rings. The van der Waals surface area contributed by atoms with E-state index in [0.717, 1.165) is 28.4 Å². The number of likely N-dealkylation sites (tertiary alicyclic amines) is 1. The first-order valence-corrected chi connectivity index (χ1v) is 7.51. The van der Waals surface area contributed by atoms with Crippen LogP contribution in [0.25, 0.3) is 11.0 Å². The van der Waals surface area contributed by atoms with E-state index in [4.69, 9.17) is 23.2 Å². The summed E-state index contributed by atoms with van der Waals surface area (Å²) in [4.78, 5) is 7.00. The summed E-state index contributed by atoms with van der Waals surface area (Å²) in [5.74, 6) is 1.36. The minimum atomic E-state index is 0.433. The van der Waals surface area contributed by atoms with Gasteiger partial charge in [-0.15, -0.1) is 11.6 Å². The third kappa shape index (κ3) is 2.47. The SMILES string of the molecule is CN1CCCC1Cn1c(CCl)nc2cc(Cl)ccc21. The molecule has 1 atom stereocenters. The van der Waals surface area contributed by atoms with Gasteiger partial charge in [-0.25, -0.2) is 4.98 Å². The van der Waals surface area contributed by atoms with Crippen molar-refractivity contribution in [2.75, 3.05) is 13.6 Å². The Kier molecular flexibility index (Phi) is 3.70. The highest BCUT2D eigenvalue weighted by atomic mass is 35.5. The predicted octanol–water partition coefficient (Wildman–Crippen LogP) is 3.52. The maximum atomic E-state index is 6.04. The minimum Gasteiger partial charge on any atom is -0.325 e. The molecule has 3 nitrogen and oxygen atoms in total. The number of rotatable bonds is 3. The van der Waals surface area contributed by atoms with Crippen LogP contribution in [0.3, 0.4) is 0 Å². The van der Waals surface area contributed by atoms with Gasteiger partial charge in [-0.3, -0.25) is 0 Å². The van der Waals surface area contributed by atoms with E-state index in [1.54, 1.807) is 0 Å². The number of aromatic nitrogens is 2. The largest absolute Gasteiger partial charge is 0.325 e. The highest BCUT2D eigenvalue weighted by Crippen LogP contribution is 2.24. The molecule has 0 saturated carbocycles. The van der Waals surface area contributed by atoms with Crippen molar-refractivity contribution in [2.24, 2.45) is 0 Å². The summed E-state index contributed by atoms with van der Waals surface area (Å²) in [6.45, 7) is 2.13. The second-order valence-electron chi connectivity index (χ2n) is 5.18. The third-order valence-electron chi connectivity index (χ3n) is 3.97. The number of likely N-dealkylation sites (N-methyl/N-ethyl adjacent to an activating group) is 1. The van der Waals surface area contributed by atoms with Crippen molar-refractivity contribution >= 4 is 34.2 Å². The van der Waals surface area contributed by atoms with Crippen molar-refractivity contribution in [1.82, 2.24) is 14.5 Å². The Morgan fingerprint density at radius 2 is 2.26 bits per heavy atom. The molecule has 0 bridgehead atoms. The van der Waals surface area contributed by atoms with Crippen LogP contribution in [0.5, 0.6) is 0 Å². The molecule has 0 spiro atoms. The van der Waals surface area contributed by atoms with Crippen molar-refractivity contribution in [3.63, 3.8) is 0 Å². The van der Waals surface area contributed by atoms with E-state index in [0.29, 0.717) is 11.9 Å². The first-order valence-electron chi connectivity index (χ1n) is 6.60. The zero-order chi connectivity index (χ0) is 13.4. The number of alkyl halides is 1. The van der Waals surface area contributed by atoms with Gasteiger partial charge in [0.15, 0.2) is 0 Å². The molecule has 1 aromatic carbocycles. The molecule has 2 aromatic rings. The molecule has 1 fully saturated rings. The fraction of sp³-hybridized carbons (Fsp3) is 0.500. The summed E-state index contributed by atoms with van der Waals surface area (Å²) in [6.07, 6.45) is 2.52. The molecule has 102 valence electrons. The van der Waals surface area contributed by atoms with Gasteiger partial charge in [-0.1, -0.05) is 11.6 Å². The van der Waals surface area contributed by atoms with Crippen LogP contribution < -0.4 is 0 Å². The molecule has 0 aliphatic carbocycles. The van der Waals surface area contributed by atoms with Crippen LogP contribution in [0, 0.1) is 0 Å². The van der Waals surface area contributed by atoms with Gasteiger partial charge in [-0.2, -0.15) is 0 Å². The molecule has 1 unspecified atom stereocenters. The van der Waals surface area contributed by atoms with Gasteiger partial charge in [0.25, 0.3) is 0 Å². The lowest BCUT2D eigenvalue weighted by molar-refractivity contribution is 0.282. The lowest BCUT2D eigenvalue weighted by Gasteiger charge is -2.21. The highest BCUT2D eigenvalue weighted by Gasteiger charge is 2.23. The van der Waals surface area contributed by atoms with Gasteiger partial charge in [0, 0.05) is 17.6 Å². The maximum Gasteiger partial charge on any atom is 0.124 e. The number of fused-ring (bicyclic) bond motifs is 1. The topological polar surface area (TPSA) is 21.1 Å². The molecule has 1 aromatic heterocycles. The lowest BCUT2D eigenvalue weighted by Crippen LogP contribution is -2.29. The Morgan fingerprint density at radius 1 is 1.42 bits per heavy atom. The molecular weight excluding hydrogens is 281 g/mol. The van der Waals surface area contributed by atoms with Crippen LogP contribution >= 0.6 is 23.2 Å². The van der Waals surface area contributed by atoms with Crippen LogP contribution in [0.2, 0.25) is 5.02 Å². The lowest BCUT2D eigenvalue weighted by atomic mass is 10.2. The van der Waals surface area contributed by atoms with E-state index < -0.39 is 0 Å². The maximum absolute atomic E-state index is 6.04. The van der Waals surface area contributed by atoms with Crippen LogP contribution in [0.1, 0.15) is 18.7 Å². The van der Waals surface area contributed by atoms with Gasteiger partial charge >= 0.3 is 0 Å². The Hall–Kier alpha value is -0.770. The standard InChI is InChI=1S/C14H17Cl2N3/c1-18-6-2-3-11(18)9-19-13-5-4-10(16)7-12(13)17-14(19)8-15/h4-5,7,11H,2-3,6,8-9H2,1H3. The van der Waals surface area contributed by atoms with Crippen molar-refractivity contribution < 1.29 is 0 Å². The predicted molar refractivity (Wildman–Crippen MR) is 80.0 cm³/mol. The van der Waals surface area contributed by atoms with Crippen LogP contribution in [0.4, 0.5) is 0 Å². The summed E-state index contributed by atoms with van der Waals surface area (Å²) < 4.78 is 2.24. The highest BCUT2D eigenvalue weighted by molar-refractivity contribution is 6.31. The van der Waals surface area contributed by atoms with Crippen molar-refractivity contribution in [1.29, 1.82) is 0 Å². The molecule has 1 aliphatic heterocycles. The number of benzene rings is 1. The molecule has 0 radical (unpaired) electrons. The Labute approximate surface area is 123 Å². The van der Waals surface area contributed by atoms with Gasteiger partial charge in [0.05, 0.1) is 16.9 Å². The number of hydrogen-bond donors (Lipinski definition) is 0. The van der Waals surface area contributed by atoms with E-state index in [1.165, 1.54) is 19.4 Å². The second-order valence-corrected chi connectivity index (χ2v) is 5.89. The van der Waals surface area contributed by atoms with Crippen LogP contribution in [-0.4, -0.2) is 34.1 Å². The molecule has 5 heteroatoms. The van der Waals surface area contributed by atoms with Gasteiger partial charge in [-0.05, 0) is 44.6 Å². The minimum absolute atomic E-state index is 0.433. The second kappa shape index (κ2) is 5.31. The molecule has 1 saturated heterocycles. The van der Waals surface area contributed by atoms with Crippen molar-refractivity contribution in [3.05, 3.63) is 29.0 Å². The molecule has 19 heavy (non-hydrogen) atoms. The summed E-state index contributed by atoms with van der Waals surface area (Å²) in [5, 5.41) is 0.719. The zero-order valence-electron chi connectivity index (χ0n) is 10.9. The smallest absolute Gasteiger partial charge is 0.124 e. The number of nitrogens with zero attached hydrogens (tertiary/aromatic N) is 3. The van der Waals surface area contributed by atoms with Gasteiger partial charge in [0.2, 0.25) is 0 Å². The Bertz CT molecular complexity index is 594. The quantitative estimate of drug-likeness (QED) is 0.808. The number of hydrogen-bond acceptors (Lipinski definition) is 2. The van der Waals surface area contributed by atoms with Gasteiger partial charge < -0.3 is 9.47 Å². The van der Waals surface area contributed by atoms with Crippen molar-refractivity contribution in [2.45, 2.75) is 31.3 Å². The monoisotopic (exact) mass is 297 g/mol. The van der Waals surface area contributed by atoms with E-state index in [-0.39, 0.29) is 0 Å². The first-order chi connectivity index (χ1) is 9.19. The average molecular weight is 298 g/mol. The third-order valence-corrected chi connectivity index (χ3v) is 4.45. The molecule has 3 rings (SSSR count). The summed E-state index contributed by atoms with van der Waals surface area (Å²) >= 11 is 12.1. The van der Waals surface area contributed by atoms with E-state index in [2.05, 4.69) is 21.5 Å². The molecule has 0 N–H and O–H groups in total. The summed E-state index contributed by atoms with van der Waals surface area (Å²) in [7, 11) is 2.19. The molecule has 2 heterocycles. The molecular formula is C14H17Cl2N3. The van der Waals surface area contributed by atoms with E-state index >= 15 is 0 Å². The fourth-order valence-corrected chi connectivity index (χ4v) is 3.25.